The summed E-state index contributed by atoms with van der Waals surface area (Å²) in [5, 5.41) is 6.85. The number of amides is 1. The topological polar surface area (TPSA) is 59.8 Å². The Balaban J connectivity index is 1.76. The Morgan fingerprint density at radius 3 is 2.59 bits per heavy atom. The number of nitrogens with zero attached hydrogens (tertiary/aromatic N) is 3. The Hall–Kier alpha value is -3.02. The molecule has 5 nitrogen and oxygen atoms in total. The molecule has 1 N–H and O–H groups in total. The van der Waals surface area contributed by atoms with E-state index in [1.165, 1.54) is 16.8 Å². The predicted octanol–water partition coefficient (Wildman–Crippen LogP) is 2.97. The molecule has 0 radical (unpaired) electrons. The van der Waals surface area contributed by atoms with Crippen LogP contribution in [-0.2, 0) is 0 Å². The molecular weight excluding hydrogens is 283 g/mol. The third-order valence-corrected chi connectivity index (χ3v) is 3.07. The lowest BCUT2D eigenvalue weighted by molar-refractivity contribution is 0.102. The standard InChI is InChI=1S/C16H13FN4O/c1-11-2-7-15(18-10-11)19-16(22)14-8-9-21(20-14)13-5-3-12(17)4-6-13/h2-10H,1H3,(H,18,19,22). The molecule has 0 aliphatic heterocycles. The van der Waals surface area contributed by atoms with Gasteiger partial charge < -0.3 is 5.32 Å². The van der Waals surface area contributed by atoms with Crippen LogP contribution in [0.15, 0.2) is 54.9 Å². The van der Waals surface area contributed by atoms with E-state index in [0.717, 1.165) is 5.56 Å². The van der Waals surface area contributed by atoms with Crippen molar-refractivity contribution in [2.24, 2.45) is 0 Å². The second-order valence-corrected chi connectivity index (χ2v) is 4.80. The highest BCUT2D eigenvalue weighted by atomic mass is 19.1. The van der Waals surface area contributed by atoms with Gasteiger partial charge in [0.1, 0.15) is 11.6 Å². The minimum absolute atomic E-state index is 0.256. The van der Waals surface area contributed by atoms with Gasteiger partial charge in [-0.3, -0.25) is 4.79 Å². The lowest BCUT2D eigenvalue weighted by Gasteiger charge is -2.03. The molecule has 0 bridgehead atoms. The van der Waals surface area contributed by atoms with Crippen LogP contribution in [0.2, 0.25) is 0 Å². The van der Waals surface area contributed by atoms with Gasteiger partial charge in [0, 0.05) is 12.4 Å². The maximum Gasteiger partial charge on any atom is 0.277 e. The van der Waals surface area contributed by atoms with Crippen molar-refractivity contribution in [1.82, 2.24) is 14.8 Å². The molecule has 3 rings (SSSR count). The van der Waals surface area contributed by atoms with Crippen LogP contribution < -0.4 is 5.32 Å². The van der Waals surface area contributed by atoms with Crippen LogP contribution in [0.1, 0.15) is 16.1 Å². The van der Waals surface area contributed by atoms with Crippen molar-refractivity contribution in [1.29, 1.82) is 0 Å². The fourth-order valence-electron chi connectivity index (χ4n) is 1.90. The van der Waals surface area contributed by atoms with Gasteiger partial charge >= 0.3 is 0 Å². The SMILES string of the molecule is Cc1ccc(NC(=O)c2ccn(-c3ccc(F)cc3)n2)nc1. The average Bonchev–Trinajstić information content (AvgIpc) is 3.00. The minimum Gasteiger partial charge on any atom is -0.305 e. The second kappa shape index (κ2) is 5.77. The lowest BCUT2D eigenvalue weighted by Crippen LogP contribution is -2.14. The molecule has 3 aromatic rings. The van der Waals surface area contributed by atoms with Crippen LogP contribution in [0.5, 0.6) is 0 Å². The number of rotatable bonds is 3. The largest absolute Gasteiger partial charge is 0.305 e. The summed E-state index contributed by atoms with van der Waals surface area (Å²) in [5.74, 6) is -0.205. The zero-order valence-electron chi connectivity index (χ0n) is 11.8. The first-order valence-corrected chi connectivity index (χ1v) is 6.67. The summed E-state index contributed by atoms with van der Waals surface area (Å²) >= 11 is 0. The van der Waals surface area contributed by atoms with E-state index < -0.39 is 0 Å². The molecule has 0 saturated heterocycles. The highest BCUT2D eigenvalue weighted by Crippen LogP contribution is 2.10. The number of pyridine rings is 1. The molecule has 22 heavy (non-hydrogen) atoms. The predicted molar refractivity (Wildman–Crippen MR) is 80.4 cm³/mol. The zero-order chi connectivity index (χ0) is 15.5. The van der Waals surface area contributed by atoms with Gasteiger partial charge in [0.25, 0.3) is 5.91 Å². The molecule has 0 unspecified atom stereocenters. The molecule has 2 heterocycles. The zero-order valence-corrected chi connectivity index (χ0v) is 11.8. The first-order valence-electron chi connectivity index (χ1n) is 6.67. The van der Waals surface area contributed by atoms with Gasteiger partial charge in [0.05, 0.1) is 5.69 Å². The van der Waals surface area contributed by atoms with Crippen molar-refractivity contribution in [2.45, 2.75) is 6.92 Å². The molecule has 110 valence electrons. The average molecular weight is 296 g/mol. The fourth-order valence-corrected chi connectivity index (χ4v) is 1.90. The van der Waals surface area contributed by atoms with E-state index >= 15 is 0 Å². The van der Waals surface area contributed by atoms with Gasteiger partial charge in [-0.05, 0) is 48.9 Å². The summed E-state index contributed by atoms with van der Waals surface area (Å²) in [6.45, 7) is 1.92. The number of nitrogens with one attached hydrogen (secondary N) is 1. The highest BCUT2D eigenvalue weighted by Gasteiger charge is 2.11. The van der Waals surface area contributed by atoms with E-state index in [9.17, 15) is 9.18 Å². The number of aryl methyl sites for hydroxylation is 1. The number of carbonyl (C=O) groups excluding carboxylic acids is 1. The van der Waals surface area contributed by atoms with Crippen LogP contribution in [0.3, 0.4) is 0 Å². The summed E-state index contributed by atoms with van der Waals surface area (Å²) in [5.41, 5.74) is 1.94. The molecule has 2 aromatic heterocycles. The third-order valence-electron chi connectivity index (χ3n) is 3.07. The van der Waals surface area contributed by atoms with Gasteiger partial charge in [-0.2, -0.15) is 5.10 Å². The molecule has 0 aliphatic carbocycles. The van der Waals surface area contributed by atoms with E-state index in [1.54, 1.807) is 36.7 Å². The monoisotopic (exact) mass is 296 g/mol. The molecule has 0 spiro atoms. The van der Waals surface area contributed by atoms with Crippen LogP contribution in [0.4, 0.5) is 10.2 Å². The van der Waals surface area contributed by atoms with Crippen molar-refractivity contribution >= 4 is 11.7 Å². The number of carbonyl (C=O) groups is 1. The Labute approximate surface area is 126 Å². The molecule has 0 fully saturated rings. The number of benzene rings is 1. The Morgan fingerprint density at radius 1 is 1.14 bits per heavy atom. The smallest absolute Gasteiger partial charge is 0.277 e. The van der Waals surface area contributed by atoms with Crippen molar-refractivity contribution in [3.8, 4) is 5.69 Å². The van der Waals surface area contributed by atoms with E-state index in [1.807, 2.05) is 13.0 Å². The molecule has 0 atom stereocenters. The maximum atomic E-state index is 12.9. The van der Waals surface area contributed by atoms with Crippen molar-refractivity contribution in [3.63, 3.8) is 0 Å². The number of hydrogen-bond acceptors (Lipinski definition) is 3. The number of hydrogen-bond donors (Lipinski definition) is 1. The van der Waals surface area contributed by atoms with Crippen LogP contribution >= 0.6 is 0 Å². The van der Waals surface area contributed by atoms with E-state index in [2.05, 4.69) is 15.4 Å². The summed E-state index contributed by atoms with van der Waals surface area (Å²) in [6, 6.07) is 11.0. The second-order valence-electron chi connectivity index (χ2n) is 4.80. The normalized spacial score (nSPS) is 10.5. The van der Waals surface area contributed by atoms with Crippen molar-refractivity contribution < 1.29 is 9.18 Å². The Bertz CT molecular complexity index is 794. The summed E-state index contributed by atoms with van der Waals surface area (Å²) < 4.78 is 14.4. The van der Waals surface area contributed by atoms with E-state index in [4.69, 9.17) is 0 Å². The van der Waals surface area contributed by atoms with Crippen LogP contribution in [0.25, 0.3) is 5.69 Å². The van der Waals surface area contributed by atoms with Crippen LogP contribution in [-0.4, -0.2) is 20.7 Å². The van der Waals surface area contributed by atoms with Crippen molar-refractivity contribution in [3.05, 3.63) is 71.9 Å². The first-order chi connectivity index (χ1) is 10.6. The molecule has 6 heteroatoms. The first kappa shape index (κ1) is 13.9. The van der Waals surface area contributed by atoms with Gasteiger partial charge in [-0.15, -0.1) is 0 Å². The highest BCUT2D eigenvalue weighted by molar-refractivity contribution is 6.02. The molecule has 1 aromatic carbocycles. The van der Waals surface area contributed by atoms with E-state index in [-0.39, 0.29) is 17.4 Å². The maximum absolute atomic E-state index is 12.9. The lowest BCUT2D eigenvalue weighted by atomic mass is 10.3. The molecule has 1 amide bonds. The molecule has 0 aliphatic rings. The van der Waals surface area contributed by atoms with Gasteiger partial charge in [0.15, 0.2) is 5.69 Å². The Morgan fingerprint density at radius 2 is 1.91 bits per heavy atom. The third kappa shape index (κ3) is 3.01. The number of aromatic nitrogens is 3. The Kier molecular flexibility index (Phi) is 3.65. The molecule has 0 saturated carbocycles. The minimum atomic E-state index is -0.350. The summed E-state index contributed by atoms with van der Waals surface area (Å²) in [7, 11) is 0. The van der Waals surface area contributed by atoms with Gasteiger partial charge in [-0.1, -0.05) is 6.07 Å². The van der Waals surface area contributed by atoms with E-state index in [0.29, 0.717) is 11.5 Å². The summed E-state index contributed by atoms with van der Waals surface area (Å²) in [4.78, 5) is 16.2. The number of halogens is 1. The quantitative estimate of drug-likeness (QED) is 0.808. The van der Waals surface area contributed by atoms with Gasteiger partial charge in [0.2, 0.25) is 0 Å². The fraction of sp³-hybridized carbons (Fsp3) is 0.0625. The summed E-state index contributed by atoms with van der Waals surface area (Å²) in [6.07, 6.45) is 3.32. The number of anilines is 1. The van der Waals surface area contributed by atoms with Crippen LogP contribution in [0, 0.1) is 12.7 Å². The van der Waals surface area contributed by atoms with Crippen molar-refractivity contribution in [2.75, 3.05) is 5.32 Å². The molecular formula is C16H13FN4O. The van der Waals surface area contributed by atoms with Gasteiger partial charge in [-0.25, -0.2) is 14.1 Å².